The predicted molar refractivity (Wildman–Crippen MR) is 93.3 cm³/mol. The summed E-state index contributed by atoms with van der Waals surface area (Å²) < 4.78 is 6.04. The molecule has 1 aromatic heterocycles. The van der Waals surface area contributed by atoms with Crippen LogP contribution in [-0.4, -0.2) is 40.2 Å². The lowest BCUT2D eigenvalue weighted by atomic mass is 9.55. The van der Waals surface area contributed by atoms with Crippen LogP contribution in [-0.2, 0) is 4.74 Å². The van der Waals surface area contributed by atoms with Crippen LogP contribution >= 0.6 is 11.6 Å². The quantitative estimate of drug-likeness (QED) is 0.802. The van der Waals surface area contributed by atoms with Crippen molar-refractivity contribution in [3.05, 3.63) is 23.2 Å². The molecule has 6 heteroatoms. The molecule has 0 N–H and O–H groups in total. The van der Waals surface area contributed by atoms with Gasteiger partial charge in [0.2, 0.25) is 0 Å². The molecule has 4 saturated carbocycles. The van der Waals surface area contributed by atoms with Crippen LogP contribution in [0.2, 0.25) is 5.02 Å². The summed E-state index contributed by atoms with van der Waals surface area (Å²) in [5.41, 5.74) is 0. The lowest BCUT2D eigenvalue weighted by Crippen LogP contribution is -2.51. The van der Waals surface area contributed by atoms with Crippen LogP contribution in [0.15, 0.2) is 12.4 Å². The second-order valence-electron chi connectivity index (χ2n) is 8.47. The summed E-state index contributed by atoms with van der Waals surface area (Å²) >= 11 is 5.86. The van der Waals surface area contributed by atoms with Gasteiger partial charge in [-0.25, -0.2) is 14.8 Å². The SMILES string of the molecule is O=C(OC1C2CC3CC(C2)CC1C3)N1CCC(c2ncc(Cl)cn2)C1. The summed E-state index contributed by atoms with van der Waals surface area (Å²) in [6, 6.07) is 0. The number of amides is 1. The largest absolute Gasteiger partial charge is 0.446 e. The molecule has 25 heavy (non-hydrogen) atoms. The maximum absolute atomic E-state index is 12.7. The van der Waals surface area contributed by atoms with Crippen LogP contribution in [0.5, 0.6) is 0 Å². The zero-order chi connectivity index (χ0) is 17.0. The van der Waals surface area contributed by atoms with Gasteiger partial charge in [0.1, 0.15) is 11.9 Å². The molecule has 1 atom stereocenters. The van der Waals surface area contributed by atoms with Crippen molar-refractivity contribution in [1.29, 1.82) is 0 Å². The summed E-state index contributed by atoms with van der Waals surface area (Å²) in [6.07, 6.45) is 10.7. The van der Waals surface area contributed by atoms with Gasteiger partial charge in [-0.05, 0) is 62.2 Å². The molecule has 4 bridgehead atoms. The van der Waals surface area contributed by atoms with E-state index in [0.717, 1.165) is 30.6 Å². The molecule has 1 aliphatic heterocycles. The molecule has 0 aromatic carbocycles. The molecule has 0 spiro atoms. The van der Waals surface area contributed by atoms with E-state index >= 15 is 0 Å². The molecule has 4 aliphatic carbocycles. The third kappa shape index (κ3) is 2.90. The smallest absolute Gasteiger partial charge is 0.410 e. The van der Waals surface area contributed by atoms with Gasteiger partial charge in [0.15, 0.2) is 0 Å². The van der Waals surface area contributed by atoms with Gasteiger partial charge in [-0.1, -0.05) is 11.6 Å². The average Bonchev–Trinajstić information content (AvgIpc) is 3.08. The third-order valence-corrected chi connectivity index (χ3v) is 7.02. The van der Waals surface area contributed by atoms with Crippen LogP contribution in [0.3, 0.4) is 0 Å². The molecule has 134 valence electrons. The number of likely N-dealkylation sites (tertiary alicyclic amines) is 1. The minimum atomic E-state index is -0.131. The summed E-state index contributed by atoms with van der Waals surface area (Å²) in [5.74, 6) is 3.97. The zero-order valence-electron chi connectivity index (χ0n) is 14.3. The predicted octanol–water partition coefficient (Wildman–Crippen LogP) is 3.88. The molecule has 1 aromatic rings. The lowest BCUT2D eigenvalue weighted by Gasteiger charge is -2.53. The van der Waals surface area contributed by atoms with Crippen molar-refractivity contribution in [2.75, 3.05) is 13.1 Å². The van der Waals surface area contributed by atoms with E-state index in [4.69, 9.17) is 16.3 Å². The number of hydrogen-bond donors (Lipinski definition) is 0. The van der Waals surface area contributed by atoms with E-state index in [2.05, 4.69) is 9.97 Å². The molecule has 0 radical (unpaired) electrons. The molecule has 6 rings (SSSR count). The van der Waals surface area contributed by atoms with E-state index in [1.165, 1.54) is 32.1 Å². The van der Waals surface area contributed by atoms with Gasteiger partial charge in [0.05, 0.1) is 5.02 Å². The van der Waals surface area contributed by atoms with E-state index in [1.807, 2.05) is 4.90 Å². The van der Waals surface area contributed by atoms with Crippen molar-refractivity contribution in [2.24, 2.45) is 23.7 Å². The van der Waals surface area contributed by atoms with Gasteiger partial charge < -0.3 is 9.64 Å². The maximum Gasteiger partial charge on any atom is 0.410 e. The van der Waals surface area contributed by atoms with Crippen LogP contribution < -0.4 is 0 Å². The molecule has 1 unspecified atom stereocenters. The number of halogens is 1. The van der Waals surface area contributed by atoms with E-state index in [0.29, 0.717) is 23.4 Å². The van der Waals surface area contributed by atoms with Gasteiger partial charge in [-0.15, -0.1) is 0 Å². The Bertz CT molecular complexity index is 637. The maximum atomic E-state index is 12.7. The van der Waals surface area contributed by atoms with Crippen molar-refractivity contribution in [2.45, 2.75) is 50.5 Å². The first kappa shape index (κ1) is 15.9. The Labute approximate surface area is 153 Å². The summed E-state index contributed by atoms with van der Waals surface area (Å²) in [7, 11) is 0. The summed E-state index contributed by atoms with van der Waals surface area (Å²) in [5, 5.41) is 0.542. The molecule has 1 amide bonds. The van der Waals surface area contributed by atoms with Gasteiger partial charge in [0.25, 0.3) is 0 Å². The molecular formula is C19H24ClN3O2. The topological polar surface area (TPSA) is 55.3 Å². The minimum absolute atomic E-state index is 0.131. The fraction of sp³-hybridized carbons (Fsp3) is 0.737. The standard InChI is InChI=1S/C19H24ClN3O2/c20-16-8-21-18(22-9-16)13-1-2-23(10-13)19(24)25-17-14-4-11-3-12(6-14)7-15(17)5-11/h8-9,11-15,17H,1-7,10H2. The van der Waals surface area contributed by atoms with Crippen LogP contribution in [0.4, 0.5) is 4.79 Å². The number of hydrogen-bond acceptors (Lipinski definition) is 4. The highest BCUT2D eigenvalue weighted by Crippen LogP contribution is 2.54. The van der Waals surface area contributed by atoms with Gasteiger partial charge in [-0.3, -0.25) is 0 Å². The fourth-order valence-electron chi connectivity index (χ4n) is 5.93. The Morgan fingerprint density at radius 1 is 1.08 bits per heavy atom. The van der Waals surface area contributed by atoms with Crippen LogP contribution in [0, 0.1) is 23.7 Å². The second kappa shape index (κ2) is 6.11. The summed E-state index contributed by atoms with van der Waals surface area (Å²) in [4.78, 5) is 23.2. The number of ether oxygens (including phenoxy) is 1. The third-order valence-electron chi connectivity index (χ3n) is 6.83. The Morgan fingerprint density at radius 2 is 1.72 bits per heavy atom. The molecular weight excluding hydrogens is 338 g/mol. The first-order valence-corrected chi connectivity index (χ1v) is 9.96. The highest BCUT2D eigenvalue weighted by molar-refractivity contribution is 6.30. The lowest BCUT2D eigenvalue weighted by molar-refractivity contribution is -0.101. The highest BCUT2D eigenvalue weighted by Gasteiger charge is 2.50. The number of carbonyl (C=O) groups excluding carboxylic acids is 1. The van der Waals surface area contributed by atoms with E-state index in [1.54, 1.807) is 12.4 Å². The Morgan fingerprint density at radius 3 is 2.36 bits per heavy atom. The Hall–Kier alpha value is -1.36. The molecule has 2 heterocycles. The summed E-state index contributed by atoms with van der Waals surface area (Å²) in [6.45, 7) is 1.37. The highest BCUT2D eigenvalue weighted by atomic mass is 35.5. The van der Waals surface area contributed by atoms with Crippen molar-refractivity contribution in [3.8, 4) is 0 Å². The van der Waals surface area contributed by atoms with Crippen LogP contribution in [0.25, 0.3) is 0 Å². The molecule has 5 aliphatic rings. The molecule has 5 nitrogen and oxygen atoms in total. The fourth-order valence-corrected chi connectivity index (χ4v) is 6.03. The van der Waals surface area contributed by atoms with Crippen molar-refractivity contribution in [3.63, 3.8) is 0 Å². The van der Waals surface area contributed by atoms with E-state index < -0.39 is 0 Å². The molecule has 1 saturated heterocycles. The first-order valence-electron chi connectivity index (χ1n) is 9.58. The first-order chi connectivity index (χ1) is 12.2. The van der Waals surface area contributed by atoms with Gasteiger partial charge in [-0.2, -0.15) is 0 Å². The number of carbonyl (C=O) groups is 1. The van der Waals surface area contributed by atoms with Gasteiger partial charge >= 0.3 is 6.09 Å². The van der Waals surface area contributed by atoms with Crippen LogP contribution in [0.1, 0.15) is 50.3 Å². The van der Waals surface area contributed by atoms with E-state index in [9.17, 15) is 4.79 Å². The monoisotopic (exact) mass is 361 g/mol. The Balaban J connectivity index is 1.21. The Kier molecular flexibility index (Phi) is 3.88. The van der Waals surface area contributed by atoms with Crippen molar-refractivity contribution >= 4 is 17.7 Å². The van der Waals surface area contributed by atoms with Crippen molar-refractivity contribution in [1.82, 2.24) is 14.9 Å². The van der Waals surface area contributed by atoms with E-state index in [-0.39, 0.29) is 18.1 Å². The molecule has 5 fully saturated rings. The second-order valence-corrected chi connectivity index (χ2v) is 8.91. The van der Waals surface area contributed by atoms with Crippen molar-refractivity contribution < 1.29 is 9.53 Å². The average molecular weight is 362 g/mol. The number of rotatable bonds is 2. The normalized spacial score (nSPS) is 39.0. The zero-order valence-corrected chi connectivity index (χ0v) is 15.1. The number of nitrogens with zero attached hydrogens (tertiary/aromatic N) is 3. The number of aromatic nitrogens is 2. The minimum Gasteiger partial charge on any atom is -0.446 e. The van der Waals surface area contributed by atoms with Gasteiger partial charge in [0, 0.05) is 31.4 Å².